The molecule has 2 N–H and O–H groups in total. The fourth-order valence-electron chi connectivity index (χ4n) is 3.16. The van der Waals surface area contributed by atoms with Gasteiger partial charge in [0, 0.05) is 19.3 Å². The first-order valence-corrected chi connectivity index (χ1v) is 9.92. The van der Waals surface area contributed by atoms with Crippen molar-refractivity contribution in [3.05, 3.63) is 39.8 Å². The summed E-state index contributed by atoms with van der Waals surface area (Å²) in [6.07, 6.45) is 3.25. The van der Waals surface area contributed by atoms with E-state index in [0.29, 0.717) is 29.1 Å². The van der Waals surface area contributed by atoms with E-state index in [-0.39, 0.29) is 23.7 Å². The second-order valence-electron chi connectivity index (χ2n) is 7.25. The second-order valence-corrected chi connectivity index (χ2v) is 8.05. The zero-order valence-electron chi connectivity index (χ0n) is 15.8. The summed E-state index contributed by atoms with van der Waals surface area (Å²) in [4.78, 5) is 31.4. The van der Waals surface area contributed by atoms with Crippen molar-refractivity contribution >= 4 is 33.6 Å². The number of hydrogen-bond acceptors (Lipinski definition) is 4. The van der Waals surface area contributed by atoms with Crippen molar-refractivity contribution in [3.63, 3.8) is 0 Å². The van der Waals surface area contributed by atoms with Gasteiger partial charge in [0.1, 0.15) is 5.82 Å². The molecule has 0 bridgehead atoms. The van der Waals surface area contributed by atoms with Crippen LogP contribution in [0.4, 0.5) is 5.82 Å². The molecule has 0 saturated carbocycles. The summed E-state index contributed by atoms with van der Waals surface area (Å²) in [5.74, 6) is 0.248. The lowest BCUT2D eigenvalue weighted by molar-refractivity contribution is -0.121. The van der Waals surface area contributed by atoms with E-state index in [0.717, 1.165) is 24.1 Å². The number of likely N-dealkylation sites (tertiary alicyclic amines) is 1. The summed E-state index contributed by atoms with van der Waals surface area (Å²) in [5.41, 5.74) is 2.31. The molecule has 7 nitrogen and oxygen atoms in total. The molecule has 0 radical (unpaired) electrons. The summed E-state index contributed by atoms with van der Waals surface area (Å²) in [5, 5.41) is 9.97. The number of H-pyrrole nitrogens is 1. The number of halogens is 1. The molecule has 1 aliphatic heterocycles. The fourth-order valence-corrected chi connectivity index (χ4v) is 3.97. The van der Waals surface area contributed by atoms with E-state index in [1.165, 1.54) is 0 Å². The van der Waals surface area contributed by atoms with Gasteiger partial charge in [0.15, 0.2) is 5.69 Å². The lowest BCUT2D eigenvalue weighted by Crippen LogP contribution is -2.44. The van der Waals surface area contributed by atoms with Crippen molar-refractivity contribution < 1.29 is 9.59 Å². The van der Waals surface area contributed by atoms with Gasteiger partial charge in [0.25, 0.3) is 5.91 Å². The highest BCUT2D eigenvalue weighted by Gasteiger charge is 2.31. The topological polar surface area (TPSA) is 91.0 Å². The van der Waals surface area contributed by atoms with Crippen molar-refractivity contribution in [3.8, 4) is 0 Å². The van der Waals surface area contributed by atoms with E-state index in [1.54, 1.807) is 17.2 Å². The highest BCUT2D eigenvalue weighted by atomic mass is 79.9. The Morgan fingerprint density at radius 1 is 1.37 bits per heavy atom. The molecule has 3 rings (SSSR count). The molecule has 0 aliphatic carbocycles. The summed E-state index contributed by atoms with van der Waals surface area (Å²) < 4.78 is 0.706. The van der Waals surface area contributed by atoms with Crippen molar-refractivity contribution in [2.45, 2.75) is 39.5 Å². The van der Waals surface area contributed by atoms with Crippen molar-refractivity contribution in [1.29, 1.82) is 0 Å². The van der Waals surface area contributed by atoms with E-state index in [9.17, 15) is 9.59 Å². The molecule has 0 spiro atoms. The third-order valence-corrected chi connectivity index (χ3v) is 5.56. The molecular weight excluding hydrogens is 410 g/mol. The number of nitrogens with zero attached hydrogens (tertiary/aromatic N) is 3. The minimum atomic E-state index is -0.256. The van der Waals surface area contributed by atoms with Gasteiger partial charge in [0.2, 0.25) is 5.91 Å². The van der Waals surface area contributed by atoms with Crippen LogP contribution in [-0.2, 0) is 4.79 Å². The fraction of sp³-hybridized carbons (Fsp3) is 0.474. The number of amides is 2. The number of pyridine rings is 1. The Morgan fingerprint density at radius 3 is 2.78 bits per heavy atom. The number of piperidine rings is 1. The summed E-state index contributed by atoms with van der Waals surface area (Å²) in [7, 11) is 0. The highest BCUT2D eigenvalue weighted by molar-refractivity contribution is 9.10. The van der Waals surface area contributed by atoms with Crippen LogP contribution in [0.1, 0.15) is 54.4 Å². The average molecular weight is 434 g/mol. The standard InChI is InChI=1S/C19H24BrN5O2/c1-11(2)16-15(20)17(24-23-16)19(27)25-8-4-5-13(10-25)18(26)22-14-7-6-12(3)9-21-14/h6-7,9,11,13H,4-5,8,10H2,1-3H3,(H,23,24)(H,21,22,26). The van der Waals surface area contributed by atoms with E-state index in [4.69, 9.17) is 0 Å². The smallest absolute Gasteiger partial charge is 0.275 e. The first-order chi connectivity index (χ1) is 12.9. The molecule has 2 amide bonds. The molecule has 144 valence electrons. The van der Waals surface area contributed by atoms with E-state index < -0.39 is 0 Å². The Balaban J connectivity index is 1.67. The monoisotopic (exact) mass is 433 g/mol. The molecule has 2 aromatic heterocycles. The van der Waals surface area contributed by atoms with Gasteiger partial charge in [-0.15, -0.1) is 0 Å². The van der Waals surface area contributed by atoms with Crippen LogP contribution in [0, 0.1) is 12.8 Å². The van der Waals surface area contributed by atoms with Crippen LogP contribution >= 0.6 is 15.9 Å². The van der Waals surface area contributed by atoms with Crippen LogP contribution in [-0.4, -0.2) is 45.0 Å². The average Bonchev–Trinajstić information content (AvgIpc) is 3.04. The largest absolute Gasteiger partial charge is 0.336 e. The van der Waals surface area contributed by atoms with Crippen molar-refractivity contribution in [2.75, 3.05) is 18.4 Å². The zero-order chi connectivity index (χ0) is 19.6. The highest BCUT2D eigenvalue weighted by Crippen LogP contribution is 2.28. The zero-order valence-corrected chi connectivity index (χ0v) is 17.3. The van der Waals surface area contributed by atoms with Gasteiger partial charge in [-0.05, 0) is 53.2 Å². The van der Waals surface area contributed by atoms with Crippen molar-refractivity contribution in [2.24, 2.45) is 5.92 Å². The minimum absolute atomic E-state index is 0.104. The number of carbonyl (C=O) groups excluding carboxylic acids is 2. The molecule has 27 heavy (non-hydrogen) atoms. The maximum atomic E-state index is 12.9. The molecule has 3 heterocycles. The number of anilines is 1. The molecule has 0 aromatic carbocycles. The van der Waals surface area contributed by atoms with Gasteiger partial charge >= 0.3 is 0 Å². The summed E-state index contributed by atoms with van der Waals surface area (Å²) in [6.45, 7) is 7.02. The van der Waals surface area contributed by atoms with E-state index >= 15 is 0 Å². The van der Waals surface area contributed by atoms with Crippen LogP contribution in [0.3, 0.4) is 0 Å². The number of aryl methyl sites for hydroxylation is 1. The number of carbonyl (C=O) groups is 2. The Hall–Kier alpha value is -2.22. The first kappa shape index (κ1) is 19.5. The third kappa shape index (κ3) is 4.37. The first-order valence-electron chi connectivity index (χ1n) is 9.13. The van der Waals surface area contributed by atoms with Crippen LogP contribution in [0.25, 0.3) is 0 Å². The maximum absolute atomic E-state index is 12.9. The molecule has 2 aromatic rings. The van der Waals surface area contributed by atoms with E-state index in [1.807, 2.05) is 26.8 Å². The Morgan fingerprint density at radius 2 is 2.15 bits per heavy atom. The Kier molecular flexibility index (Phi) is 5.94. The van der Waals surface area contributed by atoms with Crippen LogP contribution in [0.5, 0.6) is 0 Å². The maximum Gasteiger partial charge on any atom is 0.275 e. The third-order valence-electron chi connectivity index (χ3n) is 4.75. The minimum Gasteiger partial charge on any atom is -0.336 e. The van der Waals surface area contributed by atoms with Crippen LogP contribution in [0.15, 0.2) is 22.8 Å². The lowest BCUT2D eigenvalue weighted by Gasteiger charge is -2.31. The normalized spacial score (nSPS) is 17.2. The predicted octanol–water partition coefficient (Wildman–Crippen LogP) is 3.49. The van der Waals surface area contributed by atoms with Gasteiger partial charge in [-0.3, -0.25) is 14.7 Å². The number of rotatable bonds is 4. The van der Waals surface area contributed by atoms with Gasteiger partial charge in [-0.1, -0.05) is 19.9 Å². The van der Waals surface area contributed by atoms with Gasteiger partial charge < -0.3 is 10.2 Å². The predicted molar refractivity (Wildman–Crippen MR) is 107 cm³/mol. The summed E-state index contributed by atoms with van der Waals surface area (Å²) in [6, 6.07) is 3.69. The number of aromatic nitrogens is 3. The van der Waals surface area contributed by atoms with Gasteiger partial charge in [0.05, 0.1) is 16.1 Å². The van der Waals surface area contributed by atoms with Gasteiger partial charge in [-0.2, -0.15) is 5.10 Å². The quantitative estimate of drug-likeness (QED) is 0.771. The number of aromatic amines is 1. The molecule has 1 unspecified atom stereocenters. The molecule has 1 aliphatic rings. The molecule has 1 atom stereocenters. The summed E-state index contributed by atoms with van der Waals surface area (Å²) >= 11 is 3.48. The Labute approximate surface area is 167 Å². The second kappa shape index (κ2) is 8.21. The Bertz CT molecular complexity index is 831. The SMILES string of the molecule is Cc1ccc(NC(=O)C2CCCN(C(=O)c3n[nH]c(C(C)C)c3Br)C2)nc1. The number of hydrogen-bond donors (Lipinski definition) is 2. The lowest BCUT2D eigenvalue weighted by atomic mass is 9.96. The molecular formula is C19H24BrN5O2. The van der Waals surface area contributed by atoms with Crippen LogP contribution in [0.2, 0.25) is 0 Å². The van der Waals surface area contributed by atoms with E-state index in [2.05, 4.69) is 36.4 Å². The molecule has 1 saturated heterocycles. The van der Waals surface area contributed by atoms with Crippen molar-refractivity contribution in [1.82, 2.24) is 20.1 Å². The van der Waals surface area contributed by atoms with Crippen LogP contribution < -0.4 is 5.32 Å². The van der Waals surface area contributed by atoms with Gasteiger partial charge in [-0.25, -0.2) is 4.98 Å². The molecule has 1 fully saturated rings. The number of nitrogens with one attached hydrogen (secondary N) is 2. The molecule has 8 heteroatoms.